The summed E-state index contributed by atoms with van der Waals surface area (Å²) in [6, 6.07) is 7.59. The van der Waals surface area contributed by atoms with E-state index < -0.39 is 10.0 Å². The van der Waals surface area contributed by atoms with Crippen LogP contribution >= 0.6 is 0 Å². The molecule has 1 amide bonds. The second-order valence-corrected chi connectivity index (χ2v) is 6.75. The van der Waals surface area contributed by atoms with Crippen LogP contribution in [0.4, 0.5) is 0 Å². The van der Waals surface area contributed by atoms with Gasteiger partial charge in [0.1, 0.15) is 0 Å². The minimum Gasteiger partial charge on any atom is -0.343 e. The molecule has 0 aromatic heterocycles. The second-order valence-electron chi connectivity index (χ2n) is 5.04. The normalized spacial score (nSPS) is 16.5. The molecule has 0 saturated carbocycles. The van der Waals surface area contributed by atoms with Crippen molar-refractivity contribution in [3.8, 4) is 6.07 Å². The Morgan fingerprint density at radius 3 is 2.33 bits per heavy atom. The molecule has 0 aliphatic carbocycles. The van der Waals surface area contributed by atoms with Gasteiger partial charge in [0.15, 0.2) is 0 Å². The van der Waals surface area contributed by atoms with Crippen molar-refractivity contribution in [2.75, 3.05) is 13.1 Å². The average molecular weight is 307 g/mol. The lowest BCUT2D eigenvalue weighted by Gasteiger charge is -2.31. The molecule has 0 spiro atoms. The monoisotopic (exact) mass is 307 g/mol. The molecular weight excluding hydrogens is 290 g/mol. The molecule has 0 bridgehead atoms. The van der Waals surface area contributed by atoms with Crippen molar-refractivity contribution in [1.29, 1.82) is 5.26 Å². The van der Waals surface area contributed by atoms with Gasteiger partial charge in [0.05, 0.1) is 16.5 Å². The van der Waals surface area contributed by atoms with E-state index in [1.54, 1.807) is 4.90 Å². The lowest BCUT2D eigenvalue weighted by atomic mass is 10.1. The summed E-state index contributed by atoms with van der Waals surface area (Å²) < 4.78 is 27.1. The predicted molar refractivity (Wildman–Crippen MR) is 76.8 cm³/mol. The van der Waals surface area contributed by atoms with E-state index in [-0.39, 0.29) is 16.8 Å². The largest absolute Gasteiger partial charge is 0.343 e. The molecule has 2 rings (SSSR count). The topological polar surface area (TPSA) is 90.3 Å². The number of hydrogen-bond donors (Lipinski definition) is 1. The molecule has 1 aromatic rings. The van der Waals surface area contributed by atoms with E-state index >= 15 is 0 Å². The van der Waals surface area contributed by atoms with E-state index in [0.29, 0.717) is 31.5 Å². The van der Waals surface area contributed by atoms with Crippen molar-refractivity contribution in [3.05, 3.63) is 29.8 Å². The summed E-state index contributed by atoms with van der Waals surface area (Å²) in [5.74, 6) is 0.0170. The van der Waals surface area contributed by atoms with Crippen LogP contribution in [-0.2, 0) is 14.8 Å². The highest BCUT2D eigenvalue weighted by Gasteiger charge is 2.25. The van der Waals surface area contributed by atoms with Crippen LogP contribution in [0.2, 0.25) is 0 Å². The fourth-order valence-electron chi connectivity index (χ4n) is 2.31. The molecule has 1 aliphatic heterocycles. The molecule has 0 atom stereocenters. The number of nitriles is 1. The fraction of sp³-hybridized carbons (Fsp3) is 0.429. The predicted octanol–water partition coefficient (Wildman–Crippen LogP) is 0.847. The van der Waals surface area contributed by atoms with Gasteiger partial charge in [-0.2, -0.15) is 5.26 Å². The summed E-state index contributed by atoms with van der Waals surface area (Å²) in [5, 5.41) is 8.71. The first-order valence-electron chi connectivity index (χ1n) is 6.70. The number of hydrogen-bond acceptors (Lipinski definition) is 4. The number of carbonyl (C=O) groups excluding carboxylic acids is 1. The number of carbonyl (C=O) groups is 1. The van der Waals surface area contributed by atoms with Gasteiger partial charge in [-0.05, 0) is 37.1 Å². The molecule has 21 heavy (non-hydrogen) atoms. The third kappa shape index (κ3) is 3.80. The van der Waals surface area contributed by atoms with Gasteiger partial charge in [0, 0.05) is 26.1 Å². The molecule has 1 saturated heterocycles. The number of piperidine rings is 1. The number of sulfonamides is 1. The van der Waals surface area contributed by atoms with Gasteiger partial charge in [0.25, 0.3) is 0 Å². The second kappa shape index (κ2) is 6.24. The van der Waals surface area contributed by atoms with E-state index in [1.165, 1.54) is 31.2 Å². The average Bonchev–Trinajstić information content (AvgIpc) is 2.47. The maximum Gasteiger partial charge on any atom is 0.240 e. The van der Waals surface area contributed by atoms with Crippen LogP contribution in [0, 0.1) is 11.3 Å². The number of nitrogens with one attached hydrogen (secondary N) is 1. The molecule has 1 fully saturated rings. The van der Waals surface area contributed by atoms with Crippen molar-refractivity contribution in [1.82, 2.24) is 9.62 Å². The third-order valence-electron chi connectivity index (χ3n) is 3.56. The quantitative estimate of drug-likeness (QED) is 0.896. The smallest absolute Gasteiger partial charge is 0.240 e. The minimum absolute atomic E-state index is 0.0170. The number of rotatable bonds is 3. The number of amides is 1. The zero-order chi connectivity index (χ0) is 15.5. The van der Waals surface area contributed by atoms with Crippen LogP contribution in [-0.4, -0.2) is 38.4 Å². The zero-order valence-corrected chi connectivity index (χ0v) is 12.6. The van der Waals surface area contributed by atoms with Gasteiger partial charge < -0.3 is 4.90 Å². The molecule has 6 nitrogen and oxygen atoms in total. The maximum atomic E-state index is 12.2. The van der Waals surface area contributed by atoms with Crippen molar-refractivity contribution in [2.24, 2.45) is 0 Å². The molecule has 112 valence electrons. The summed E-state index contributed by atoms with van der Waals surface area (Å²) in [4.78, 5) is 13.1. The van der Waals surface area contributed by atoms with E-state index in [1.807, 2.05) is 6.07 Å². The fourth-order valence-corrected chi connectivity index (χ4v) is 3.61. The Hall–Kier alpha value is -1.91. The van der Waals surface area contributed by atoms with Crippen LogP contribution in [0.5, 0.6) is 0 Å². The highest BCUT2D eigenvalue weighted by molar-refractivity contribution is 7.89. The zero-order valence-electron chi connectivity index (χ0n) is 11.7. The van der Waals surface area contributed by atoms with Crippen molar-refractivity contribution < 1.29 is 13.2 Å². The Balaban J connectivity index is 2.01. The van der Waals surface area contributed by atoms with Gasteiger partial charge >= 0.3 is 0 Å². The summed E-state index contributed by atoms with van der Waals surface area (Å²) in [6.07, 6.45) is 1.21. The van der Waals surface area contributed by atoms with Crippen LogP contribution in [0.3, 0.4) is 0 Å². The lowest BCUT2D eigenvalue weighted by Crippen LogP contribution is -2.45. The molecule has 0 unspecified atom stereocenters. The van der Waals surface area contributed by atoms with Gasteiger partial charge in [0.2, 0.25) is 15.9 Å². The molecule has 0 radical (unpaired) electrons. The summed E-state index contributed by atoms with van der Waals surface area (Å²) in [7, 11) is -3.59. The van der Waals surface area contributed by atoms with Crippen molar-refractivity contribution in [2.45, 2.75) is 30.7 Å². The molecular formula is C14H17N3O3S. The highest BCUT2D eigenvalue weighted by atomic mass is 32.2. The number of likely N-dealkylation sites (tertiary alicyclic amines) is 1. The Morgan fingerprint density at radius 1 is 1.29 bits per heavy atom. The van der Waals surface area contributed by atoms with E-state index in [0.717, 1.165) is 0 Å². The first-order chi connectivity index (χ1) is 9.92. The summed E-state index contributed by atoms with van der Waals surface area (Å²) in [6.45, 7) is 2.65. The summed E-state index contributed by atoms with van der Waals surface area (Å²) in [5.41, 5.74) is 0.420. The Morgan fingerprint density at radius 2 is 1.86 bits per heavy atom. The third-order valence-corrected chi connectivity index (χ3v) is 5.09. The van der Waals surface area contributed by atoms with Gasteiger partial charge in [-0.3, -0.25) is 4.79 Å². The molecule has 1 aliphatic rings. The van der Waals surface area contributed by atoms with Crippen LogP contribution in [0.15, 0.2) is 29.2 Å². The minimum atomic E-state index is -3.59. The summed E-state index contributed by atoms with van der Waals surface area (Å²) >= 11 is 0. The first kappa shape index (κ1) is 15.5. The van der Waals surface area contributed by atoms with Crippen molar-refractivity contribution in [3.63, 3.8) is 0 Å². The highest BCUT2D eigenvalue weighted by Crippen LogP contribution is 2.15. The van der Waals surface area contributed by atoms with Crippen molar-refractivity contribution >= 4 is 15.9 Å². The Labute approximate surface area is 124 Å². The molecule has 1 N–H and O–H groups in total. The molecule has 1 heterocycles. The van der Waals surface area contributed by atoms with E-state index in [2.05, 4.69) is 4.72 Å². The number of benzene rings is 1. The van der Waals surface area contributed by atoms with E-state index in [4.69, 9.17) is 5.26 Å². The van der Waals surface area contributed by atoms with Gasteiger partial charge in [-0.25, -0.2) is 13.1 Å². The molecule has 1 aromatic carbocycles. The maximum absolute atomic E-state index is 12.2. The van der Waals surface area contributed by atoms with Gasteiger partial charge in [-0.15, -0.1) is 0 Å². The lowest BCUT2D eigenvalue weighted by molar-refractivity contribution is -0.129. The van der Waals surface area contributed by atoms with Gasteiger partial charge in [-0.1, -0.05) is 0 Å². The Bertz CT molecular complexity index is 654. The van der Waals surface area contributed by atoms with Crippen LogP contribution in [0.1, 0.15) is 25.3 Å². The Kier molecular flexibility index (Phi) is 4.60. The molecule has 7 heteroatoms. The SMILES string of the molecule is CC(=O)N1CCC(NS(=O)(=O)c2ccc(C#N)cc2)CC1. The van der Waals surface area contributed by atoms with E-state index in [9.17, 15) is 13.2 Å². The van der Waals surface area contributed by atoms with Crippen LogP contribution in [0.25, 0.3) is 0 Å². The first-order valence-corrected chi connectivity index (χ1v) is 8.19. The number of nitrogens with zero attached hydrogens (tertiary/aromatic N) is 2. The standard InChI is InChI=1S/C14H17N3O3S/c1-11(18)17-8-6-13(7-9-17)16-21(19,20)14-4-2-12(10-15)3-5-14/h2-5,13,16H,6-9H2,1H3. The van der Waals surface area contributed by atoms with Crippen LogP contribution < -0.4 is 4.72 Å².